The van der Waals surface area contributed by atoms with Crippen LogP contribution in [0, 0.1) is 0 Å². The molecule has 1 heterocycles. The summed E-state index contributed by atoms with van der Waals surface area (Å²) in [4.78, 5) is 0. The summed E-state index contributed by atoms with van der Waals surface area (Å²) >= 11 is 0. The van der Waals surface area contributed by atoms with E-state index in [0.29, 0.717) is 0 Å². The van der Waals surface area contributed by atoms with Gasteiger partial charge in [-0.1, -0.05) is 0 Å². The molecule has 0 unspecified atom stereocenters. The Morgan fingerprint density at radius 1 is 1.67 bits per heavy atom. The molecule has 2 heteroatoms. The van der Waals surface area contributed by atoms with Crippen LogP contribution in [-0.4, -0.2) is 13.0 Å². The van der Waals surface area contributed by atoms with Crippen LogP contribution in [-0.2, 0) is 0 Å². The summed E-state index contributed by atoms with van der Waals surface area (Å²) in [6, 6.07) is 0. The van der Waals surface area contributed by atoms with E-state index in [1.54, 1.807) is 0 Å². The Morgan fingerprint density at radius 3 is 2.83 bits per heavy atom. The Kier molecular flexibility index (Phi) is 1.10. The van der Waals surface area contributed by atoms with E-state index in [9.17, 15) is 0 Å². The van der Waals surface area contributed by atoms with Gasteiger partial charge in [-0.3, -0.25) is 0 Å². The van der Waals surface area contributed by atoms with Crippen LogP contribution in [0.2, 0.25) is 0 Å². The zero-order chi connectivity index (χ0) is 4.24. The molecule has 0 aromatic rings. The number of hydrogen-bond donors (Lipinski definition) is 1. The first-order valence-corrected chi connectivity index (χ1v) is 2.06. The molecule has 1 aliphatic heterocycles. The monoisotopic (exact) mass is 79.1 g/mol. The van der Waals surface area contributed by atoms with Crippen LogP contribution in [0.1, 0.15) is 6.42 Å². The van der Waals surface area contributed by atoms with Gasteiger partial charge in [0.1, 0.15) is 0 Å². The van der Waals surface area contributed by atoms with E-state index >= 15 is 0 Å². The van der Waals surface area contributed by atoms with Crippen molar-refractivity contribution >= 4 is 13.0 Å². The summed E-state index contributed by atoms with van der Waals surface area (Å²) in [5.41, 5.74) is 0. The summed E-state index contributed by atoms with van der Waals surface area (Å²) < 4.78 is 0. The van der Waals surface area contributed by atoms with Crippen molar-refractivity contribution in [2.24, 2.45) is 0 Å². The molecular weight excluding hydrogens is 72.9 g/mol. The van der Waals surface area contributed by atoms with Crippen LogP contribution >= 0.6 is 0 Å². The molecule has 0 spiro atoms. The third-order valence-electron chi connectivity index (χ3n) is 0.700. The SMILES string of the molecule is B1=CCC=CN1. The zero-order valence-corrected chi connectivity index (χ0v) is 3.52. The average Bonchev–Trinajstić information content (AvgIpc) is 1.72. The maximum absolute atomic E-state index is 2.92. The number of nitrogens with one attached hydrogen (secondary N) is 1. The Morgan fingerprint density at radius 2 is 2.67 bits per heavy atom. The van der Waals surface area contributed by atoms with Crippen molar-refractivity contribution in [3.05, 3.63) is 12.3 Å². The van der Waals surface area contributed by atoms with E-state index in [0.717, 1.165) is 6.42 Å². The van der Waals surface area contributed by atoms with Crippen molar-refractivity contribution in [3.63, 3.8) is 0 Å². The Labute approximate surface area is 38.0 Å². The van der Waals surface area contributed by atoms with E-state index in [1.807, 2.05) is 13.3 Å². The quantitative estimate of drug-likeness (QED) is 0.400. The van der Waals surface area contributed by atoms with E-state index in [-0.39, 0.29) is 0 Å². The molecule has 0 saturated heterocycles. The summed E-state index contributed by atoms with van der Waals surface area (Å²) in [5, 5.41) is 2.92. The van der Waals surface area contributed by atoms with Crippen molar-refractivity contribution in [3.8, 4) is 0 Å². The number of allylic oxidation sites excluding steroid dienone is 1. The van der Waals surface area contributed by atoms with Crippen molar-refractivity contribution in [2.45, 2.75) is 6.42 Å². The summed E-state index contributed by atoms with van der Waals surface area (Å²) in [5.74, 6) is 2.07. The van der Waals surface area contributed by atoms with Gasteiger partial charge in [-0.15, -0.1) is 0 Å². The second kappa shape index (κ2) is 1.80. The molecular formula is C4H6BN. The van der Waals surface area contributed by atoms with Crippen molar-refractivity contribution < 1.29 is 0 Å². The van der Waals surface area contributed by atoms with E-state index in [2.05, 4.69) is 17.3 Å². The molecule has 0 aliphatic carbocycles. The minimum atomic E-state index is 1.08. The summed E-state index contributed by atoms with van der Waals surface area (Å²) in [7, 11) is 1.93. The molecule has 0 amide bonds. The van der Waals surface area contributed by atoms with Gasteiger partial charge in [-0.25, -0.2) is 0 Å². The molecule has 0 radical (unpaired) electrons. The predicted octanol–water partition coefficient (Wildman–Crippen LogP) is -0.0852. The Bertz CT molecular complexity index is 65.5. The van der Waals surface area contributed by atoms with Crippen LogP contribution in [0.4, 0.5) is 0 Å². The average molecular weight is 78.9 g/mol. The minimum absolute atomic E-state index is 1.08. The fourth-order valence-electron chi connectivity index (χ4n) is 0.406. The Hall–Kier alpha value is -0.525. The van der Waals surface area contributed by atoms with Gasteiger partial charge in [-0.05, 0) is 0 Å². The molecule has 30 valence electrons. The first-order valence-electron chi connectivity index (χ1n) is 2.06. The molecule has 1 nitrogen and oxygen atoms in total. The first-order chi connectivity index (χ1) is 3.00. The third kappa shape index (κ3) is 0.710. The molecule has 0 saturated carbocycles. The standard InChI is InChI=1S/C4H6BN/c1-2-4-6-5-3-1/h2-4,6H,1H2. The third-order valence-corrected chi connectivity index (χ3v) is 0.700. The molecule has 0 atom stereocenters. The van der Waals surface area contributed by atoms with Crippen LogP contribution in [0.25, 0.3) is 0 Å². The second-order valence-electron chi connectivity index (χ2n) is 1.21. The van der Waals surface area contributed by atoms with Gasteiger partial charge < -0.3 is 0 Å². The molecule has 1 rings (SSSR count). The molecule has 0 bridgehead atoms. The van der Waals surface area contributed by atoms with Crippen molar-refractivity contribution in [1.29, 1.82) is 0 Å². The van der Waals surface area contributed by atoms with E-state index in [1.165, 1.54) is 0 Å². The van der Waals surface area contributed by atoms with Crippen LogP contribution in [0.15, 0.2) is 12.3 Å². The maximum atomic E-state index is 2.92. The van der Waals surface area contributed by atoms with Gasteiger partial charge >= 0.3 is 36.9 Å². The molecule has 1 aliphatic rings. The van der Waals surface area contributed by atoms with E-state index in [4.69, 9.17) is 0 Å². The number of rotatable bonds is 0. The molecule has 6 heavy (non-hydrogen) atoms. The van der Waals surface area contributed by atoms with Gasteiger partial charge in [-0.2, -0.15) is 0 Å². The van der Waals surface area contributed by atoms with Crippen LogP contribution in [0.5, 0.6) is 0 Å². The van der Waals surface area contributed by atoms with Gasteiger partial charge in [0.25, 0.3) is 0 Å². The van der Waals surface area contributed by atoms with Crippen LogP contribution in [0.3, 0.4) is 0 Å². The van der Waals surface area contributed by atoms with Gasteiger partial charge in [0.05, 0.1) is 0 Å². The summed E-state index contributed by atoms with van der Waals surface area (Å²) in [6.45, 7) is 0. The topological polar surface area (TPSA) is 12.0 Å². The fourth-order valence-corrected chi connectivity index (χ4v) is 0.406. The molecule has 0 fully saturated rings. The van der Waals surface area contributed by atoms with Crippen molar-refractivity contribution in [2.75, 3.05) is 0 Å². The zero-order valence-electron chi connectivity index (χ0n) is 3.52. The normalized spacial score (nSPS) is 16.0. The molecule has 0 aromatic carbocycles. The van der Waals surface area contributed by atoms with Gasteiger partial charge in [0, 0.05) is 0 Å². The molecule has 0 aromatic heterocycles. The van der Waals surface area contributed by atoms with E-state index < -0.39 is 0 Å². The number of hydrogen-bond acceptors (Lipinski definition) is 1. The molecule has 1 N–H and O–H groups in total. The second-order valence-corrected chi connectivity index (χ2v) is 1.21. The first kappa shape index (κ1) is 3.66. The fraction of sp³-hybridized carbons (Fsp3) is 0.250. The van der Waals surface area contributed by atoms with Crippen LogP contribution < -0.4 is 5.23 Å². The van der Waals surface area contributed by atoms with Crippen molar-refractivity contribution in [1.82, 2.24) is 5.23 Å². The van der Waals surface area contributed by atoms with Gasteiger partial charge in [0.15, 0.2) is 0 Å². The summed E-state index contributed by atoms with van der Waals surface area (Å²) in [6.07, 6.45) is 5.08. The van der Waals surface area contributed by atoms with Gasteiger partial charge in [0.2, 0.25) is 0 Å². The predicted molar refractivity (Wildman–Crippen MR) is 28.7 cm³/mol. The Balaban J connectivity index is 2.40.